The van der Waals surface area contributed by atoms with Crippen LogP contribution < -0.4 is 5.32 Å². The maximum atomic E-state index is 12.6. The lowest BCUT2D eigenvalue weighted by atomic mass is 10.2. The Labute approximate surface area is 179 Å². The van der Waals surface area contributed by atoms with Crippen LogP contribution >= 0.6 is 0 Å². The summed E-state index contributed by atoms with van der Waals surface area (Å²) < 4.78 is 0. The van der Waals surface area contributed by atoms with Crippen LogP contribution in [0.3, 0.4) is 0 Å². The summed E-state index contributed by atoms with van der Waals surface area (Å²) in [6, 6.07) is 13.5. The molecule has 0 bridgehead atoms. The van der Waals surface area contributed by atoms with Crippen molar-refractivity contribution >= 4 is 17.4 Å². The zero-order valence-corrected chi connectivity index (χ0v) is 17.1. The summed E-state index contributed by atoms with van der Waals surface area (Å²) in [5.41, 5.74) is 2.05. The summed E-state index contributed by atoms with van der Waals surface area (Å²) in [6.07, 6.45) is 3.15. The number of benzene rings is 1. The number of likely N-dealkylation sites (tertiary alicyclic amines) is 1. The normalized spacial score (nSPS) is 15.6. The molecule has 1 atom stereocenters. The lowest BCUT2D eigenvalue weighted by molar-refractivity contribution is -0.384. The second-order valence-electron chi connectivity index (χ2n) is 7.32. The van der Waals surface area contributed by atoms with Gasteiger partial charge in [0.25, 0.3) is 11.6 Å². The zero-order valence-electron chi connectivity index (χ0n) is 17.1. The molecule has 0 saturated carbocycles. The molecule has 1 N–H and O–H groups in total. The van der Waals surface area contributed by atoms with Gasteiger partial charge in [-0.15, -0.1) is 0 Å². The third kappa shape index (κ3) is 4.66. The lowest BCUT2D eigenvalue weighted by Gasteiger charge is -2.17. The van der Waals surface area contributed by atoms with E-state index in [0.717, 1.165) is 18.5 Å². The molecule has 2 aromatic heterocycles. The fourth-order valence-corrected chi connectivity index (χ4v) is 3.54. The van der Waals surface area contributed by atoms with Gasteiger partial charge < -0.3 is 10.2 Å². The number of carbonyl (C=O) groups is 1. The second-order valence-corrected chi connectivity index (χ2v) is 7.32. The molecule has 1 aliphatic heterocycles. The molecule has 1 unspecified atom stereocenters. The average Bonchev–Trinajstić information content (AvgIpc) is 3.27. The SMILES string of the molecule is CCc1cc(NC2CCN(C(=O)c3ccccn3)C2)nc(-c2ccc([N+](=O)[O-])cc2)n1. The summed E-state index contributed by atoms with van der Waals surface area (Å²) in [4.78, 5) is 38.2. The van der Waals surface area contributed by atoms with Crippen molar-refractivity contribution < 1.29 is 9.72 Å². The van der Waals surface area contributed by atoms with Gasteiger partial charge in [-0.3, -0.25) is 19.9 Å². The van der Waals surface area contributed by atoms with Gasteiger partial charge in [0, 0.05) is 54.8 Å². The molecule has 158 valence electrons. The number of carbonyl (C=O) groups excluding carboxylic acids is 1. The third-order valence-corrected chi connectivity index (χ3v) is 5.19. The van der Waals surface area contributed by atoms with E-state index in [1.807, 2.05) is 13.0 Å². The molecule has 0 aliphatic carbocycles. The first-order valence-corrected chi connectivity index (χ1v) is 10.1. The van der Waals surface area contributed by atoms with Gasteiger partial charge >= 0.3 is 0 Å². The average molecular weight is 418 g/mol. The number of aromatic nitrogens is 3. The van der Waals surface area contributed by atoms with E-state index in [-0.39, 0.29) is 17.6 Å². The minimum Gasteiger partial charge on any atom is -0.365 e. The highest BCUT2D eigenvalue weighted by Gasteiger charge is 2.28. The highest BCUT2D eigenvalue weighted by atomic mass is 16.6. The molecule has 1 aromatic carbocycles. The van der Waals surface area contributed by atoms with Gasteiger partial charge in [0.1, 0.15) is 11.5 Å². The van der Waals surface area contributed by atoms with Crippen LogP contribution in [0, 0.1) is 10.1 Å². The van der Waals surface area contributed by atoms with Crippen LogP contribution in [0.1, 0.15) is 29.5 Å². The summed E-state index contributed by atoms with van der Waals surface area (Å²) in [5.74, 6) is 1.11. The van der Waals surface area contributed by atoms with E-state index in [4.69, 9.17) is 0 Å². The van der Waals surface area contributed by atoms with Crippen molar-refractivity contribution in [3.8, 4) is 11.4 Å². The molecule has 9 heteroatoms. The predicted octanol–water partition coefficient (Wildman–Crippen LogP) is 3.34. The molecule has 3 aromatic rings. The van der Waals surface area contributed by atoms with Crippen molar-refractivity contribution in [2.24, 2.45) is 0 Å². The van der Waals surface area contributed by atoms with Gasteiger partial charge in [-0.1, -0.05) is 13.0 Å². The number of aryl methyl sites for hydroxylation is 1. The third-order valence-electron chi connectivity index (χ3n) is 5.19. The van der Waals surface area contributed by atoms with E-state index in [1.165, 1.54) is 12.1 Å². The first kappa shape index (κ1) is 20.4. The topological polar surface area (TPSA) is 114 Å². The Morgan fingerprint density at radius 3 is 2.71 bits per heavy atom. The van der Waals surface area contributed by atoms with Crippen LogP contribution in [0.2, 0.25) is 0 Å². The van der Waals surface area contributed by atoms with Crippen molar-refractivity contribution in [1.82, 2.24) is 19.9 Å². The van der Waals surface area contributed by atoms with Crippen molar-refractivity contribution in [3.63, 3.8) is 0 Å². The number of pyridine rings is 1. The first-order chi connectivity index (χ1) is 15.0. The molecule has 4 rings (SSSR count). The van der Waals surface area contributed by atoms with Gasteiger partial charge in [-0.2, -0.15) is 0 Å². The fourth-order valence-electron chi connectivity index (χ4n) is 3.54. The molecule has 1 fully saturated rings. The van der Waals surface area contributed by atoms with Gasteiger partial charge in [-0.05, 0) is 37.1 Å². The molecule has 1 aliphatic rings. The number of hydrogen-bond acceptors (Lipinski definition) is 7. The van der Waals surface area contributed by atoms with Crippen LogP contribution in [0.4, 0.5) is 11.5 Å². The number of nitrogens with zero attached hydrogens (tertiary/aromatic N) is 5. The summed E-state index contributed by atoms with van der Waals surface area (Å²) in [7, 11) is 0. The lowest BCUT2D eigenvalue weighted by Crippen LogP contribution is -2.32. The molecule has 1 amide bonds. The standard InChI is InChI=1S/C22H22N6O3/c1-2-16-13-20(26-21(25-16)15-6-8-18(9-7-15)28(30)31)24-17-10-12-27(14-17)22(29)19-5-3-4-11-23-19/h3-9,11,13,17H,2,10,12,14H2,1H3,(H,24,25,26). The summed E-state index contributed by atoms with van der Waals surface area (Å²) >= 11 is 0. The summed E-state index contributed by atoms with van der Waals surface area (Å²) in [5, 5.41) is 14.3. The Morgan fingerprint density at radius 2 is 2.03 bits per heavy atom. The number of amides is 1. The number of nitrogens with one attached hydrogen (secondary N) is 1. The largest absolute Gasteiger partial charge is 0.365 e. The van der Waals surface area contributed by atoms with E-state index in [9.17, 15) is 14.9 Å². The smallest absolute Gasteiger partial charge is 0.272 e. The number of non-ortho nitro benzene ring substituents is 1. The highest BCUT2D eigenvalue weighted by Crippen LogP contribution is 2.23. The number of rotatable bonds is 6. The van der Waals surface area contributed by atoms with Crippen molar-refractivity contribution in [1.29, 1.82) is 0 Å². The fraction of sp³-hybridized carbons (Fsp3) is 0.273. The highest BCUT2D eigenvalue weighted by molar-refractivity contribution is 5.92. The van der Waals surface area contributed by atoms with Crippen LogP contribution in [0.5, 0.6) is 0 Å². The maximum Gasteiger partial charge on any atom is 0.272 e. The molecule has 0 spiro atoms. The van der Waals surface area contributed by atoms with Gasteiger partial charge in [-0.25, -0.2) is 9.97 Å². The molecule has 31 heavy (non-hydrogen) atoms. The number of nitro groups is 1. The van der Waals surface area contributed by atoms with Crippen molar-refractivity contribution in [2.45, 2.75) is 25.8 Å². The van der Waals surface area contributed by atoms with Gasteiger partial charge in [0.2, 0.25) is 0 Å². The minimum atomic E-state index is -0.432. The van der Waals surface area contributed by atoms with Gasteiger partial charge in [0.05, 0.1) is 4.92 Å². The van der Waals surface area contributed by atoms with Crippen molar-refractivity contribution in [2.75, 3.05) is 18.4 Å². The Kier molecular flexibility index (Phi) is 5.83. The Balaban J connectivity index is 1.49. The zero-order chi connectivity index (χ0) is 21.8. The van der Waals surface area contributed by atoms with Gasteiger partial charge in [0.15, 0.2) is 5.82 Å². The minimum absolute atomic E-state index is 0.0253. The quantitative estimate of drug-likeness (QED) is 0.482. The van der Waals surface area contributed by atoms with E-state index in [1.54, 1.807) is 41.4 Å². The molecule has 3 heterocycles. The van der Waals surface area contributed by atoms with Crippen LogP contribution in [-0.4, -0.2) is 49.8 Å². The maximum absolute atomic E-state index is 12.6. The first-order valence-electron chi connectivity index (χ1n) is 10.1. The Hall–Kier alpha value is -3.88. The van der Waals surface area contributed by atoms with E-state index in [2.05, 4.69) is 20.3 Å². The van der Waals surface area contributed by atoms with Crippen LogP contribution in [-0.2, 0) is 6.42 Å². The number of nitro benzene ring substituents is 1. The number of hydrogen-bond donors (Lipinski definition) is 1. The second kappa shape index (κ2) is 8.86. The van der Waals surface area contributed by atoms with E-state index in [0.29, 0.717) is 36.0 Å². The molecule has 1 saturated heterocycles. The summed E-state index contributed by atoms with van der Waals surface area (Å²) in [6.45, 7) is 3.22. The van der Waals surface area contributed by atoms with E-state index >= 15 is 0 Å². The Morgan fingerprint density at radius 1 is 1.23 bits per heavy atom. The molecule has 9 nitrogen and oxygen atoms in total. The van der Waals surface area contributed by atoms with Crippen LogP contribution in [0.25, 0.3) is 11.4 Å². The number of anilines is 1. The van der Waals surface area contributed by atoms with E-state index < -0.39 is 4.92 Å². The Bertz CT molecular complexity index is 1090. The van der Waals surface area contributed by atoms with Crippen molar-refractivity contribution in [3.05, 3.63) is 76.2 Å². The molecular weight excluding hydrogens is 396 g/mol. The predicted molar refractivity (Wildman–Crippen MR) is 116 cm³/mol. The monoisotopic (exact) mass is 418 g/mol. The molecular formula is C22H22N6O3. The van der Waals surface area contributed by atoms with Crippen LogP contribution in [0.15, 0.2) is 54.7 Å². The molecule has 0 radical (unpaired) electrons.